The summed E-state index contributed by atoms with van der Waals surface area (Å²) in [5.74, 6) is 0. The molecule has 2 N–H and O–H groups in total. The van der Waals surface area contributed by atoms with Crippen LogP contribution in [0.25, 0.3) is 10.2 Å². The van der Waals surface area contributed by atoms with Crippen molar-refractivity contribution in [3.8, 4) is 5.19 Å². The summed E-state index contributed by atoms with van der Waals surface area (Å²) in [6.07, 6.45) is 3.48. The standard InChI is InChI=1S/C17H16N2OS/c18-12-8-9-14-16(10-12)21-17(19-14)20-15-7-3-5-11-4-1-2-6-13(11)15/h1-2,4,6,8-10,15H,3,5,7,18H2. The molecule has 1 aliphatic rings. The minimum atomic E-state index is 0.118. The zero-order valence-electron chi connectivity index (χ0n) is 11.6. The van der Waals surface area contributed by atoms with Crippen molar-refractivity contribution in [1.29, 1.82) is 0 Å². The molecule has 0 saturated heterocycles. The van der Waals surface area contributed by atoms with Crippen LogP contribution < -0.4 is 10.5 Å². The smallest absolute Gasteiger partial charge is 0.274 e. The first-order valence-electron chi connectivity index (χ1n) is 7.20. The molecule has 3 aromatic rings. The van der Waals surface area contributed by atoms with Crippen molar-refractivity contribution in [2.45, 2.75) is 25.4 Å². The normalized spacial score (nSPS) is 17.6. The summed E-state index contributed by atoms with van der Waals surface area (Å²) in [6, 6.07) is 14.3. The first-order valence-corrected chi connectivity index (χ1v) is 8.02. The van der Waals surface area contributed by atoms with Crippen LogP contribution >= 0.6 is 11.3 Å². The van der Waals surface area contributed by atoms with Crippen LogP contribution in [0.4, 0.5) is 5.69 Å². The maximum absolute atomic E-state index is 6.17. The molecular weight excluding hydrogens is 280 g/mol. The molecule has 0 aliphatic heterocycles. The predicted molar refractivity (Wildman–Crippen MR) is 86.8 cm³/mol. The monoisotopic (exact) mass is 296 g/mol. The Morgan fingerprint density at radius 3 is 3.05 bits per heavy atom. The van der Waals surface area contributed by atoms with Gasteiger partial charge in [-0.05, 0) is 48.6 Å². The van der Waals surface area contributed by atoms with Gasteiger partial charge in [0.15, 0.2) is 0 Å². The average Bonchev–Trinajstić information content (AvgIpc) is 2.89. The molecular formula is C17H16N2OS. The Morgan fingerprint density at radius 1 is 1.19 bits per heavy atom. The lowest BCUT2D eigenvalue weighted by Crippen LogP contribution is -2.14. The summed E-state index contributed by atoms with van der Waals surface area (Å²) in [7, 11) is 0. The molecule has 0 amide bonds. The summed E-state index contributed by atoms with van der Waals surface area (Å²) in [5, 5.41) is 0.734. The van der Waals surface area contributed by atoms with Crippen molar-refractivity contribution < 1.29 is 4.74 Å². The first-order chi connectivity index (χ1) is 10.3. The summed E-state index contributed by atoms with van der Waals surface area (Å²) >= 11 is 1.57. The second-order valence-corrected chi connectivity index (χ2v) is 6.40. The van der Waals surface area contributed by atoms with Crippen molar-refractivity contribution in [2.75, 3.05) is 5.73 Å². The lowest BCUT2D eigenvalue weighted by Gasteiger charge is -2.24. The van der Waals surface area contributed by atoms with Crippen LogP contribution in [0.1, 0.15) is 30.1 Å². The van der Waals surface area contributed by atoms with E-state index < -0.39 is 0 Å². The van der Waals surface area contributed by atoms with E-state index in [1.165, 1.54) is 17.5 Å². The zero-order chi connectivity index (χ0) is 14.2. The SMILES string of the molecule is Nc1ccc2nc(OC3CCCc4ccccc43)sc2c1. The van der Waals surface area contributed by atoms with E-state index in [9.17, 15) is 0 Å². The summed E-state index contributed by atoms with van der Waals surface area (Å²) in [6.45, 7) is 0. The van der Waals surface area contributed by atoms with Gasteiger partial charge in [-0.1, -0.05) is 35.6 Å². The molecule has 1 heterocycles. The number of anilines is 1. The fraction of sp³-hybridized carbons (Fsp3) is 0.235. The maximum Gasteiger partial charge on any atom is 0.274 e. The van der Waals surface area contributed by atoms with Crippen LogP contribution in [0.5, 0.6) is 5.19 Å². The van der Waals surface area contributed by atoms with E-state index in [4.69, 9.17) is 10.5 Å². The Bertz CT molecular complexity index is 796. The number of aryl methyl sites for hydroxylation is 1. The topological polar surface area (TPSA) is 48.1 Å². The van der Waals surface area contributed by atoms with Crippen LogP contribution in [0.15, 0.2) is 42.5 Å². The Morgan fingerprint density at radius 2 is 2.10 bits per heavy atom. The molecule has 4 heteroatoms. The van der Waals surface area contributed by atoms with Gasteiger partial charge in [-0.3, -0.25) is 0 Å². The van der Waals surface area contributed by atoms with Gasteiger partial charge >= 0.3 is 0 Å². The van der Waals surface area contributed by atoms with Crippen molar-refractivity contribution in [1.82, 2.24) is 4.98 Å². The molecule has 21 heavy (non-hydrogen) atoms. The Hall–Kier alpha value is -2.07. The van der Waals surface area contributed by atoms with Gasteiger partial charge in [-0.2, -0.15) is 0 Å². The van der Waals surface area contributed by atoms with Gasteiger partial charge in [0, 0.05) is 5.69 Å². The largest absolute Gasteiger partial charge is 0.462 e. The number of aromatic nitrogens is 1. The fourth-order valence-corrected chi connectivity index (χ4v) is 3.83. The highest BCUT2D eigenvalue weighted by atomic mass is 32.1. The van der Waals surface area contributed by atoms with Crippen LogP contribution in [0.2, 0.25) is 0 Å². The average molecular weight is 296 g/mol. The minimum Gasteiger partial charge on any atom is -0.462 e. The minimum absolute atomic E-state index is 0.118. The van der Waals surface area contributed by atoms with E-state index >= 15 is 0 Å². The van der Waals surface area contributed by atoms with Crippen LogP contribution in [-0.4, -0.2) is 4.98 Å². The van der Waals surface area contributed by atoms with Crippen molar-refractivity contribution >= 4 is 27.2 Å². The molecule has 0 bridgehead atoms. The first kappa shape index (κ1) is 12.7. The number of hydrogen-bond donors (Lipinski definition) is 1. The van der Waals surface area contributed by atoms with E-state index in [2.05, 4.69) is 29.2 Å². The lowest BCUT2D eigenvalue weighted by atomic mass is 9.89. The number of benzene rings is 2. The number of nitrogens with two attached hydrogens (primary N) is 1. The Labute approximate surface area is 127 Å². The van der Waals surface area contributed by atoms with Gasteiger partial charge in [0.1, 0.15) is 6.10 Å². The van der Waals surface area contributed by atoms with Gasteiger partial charge in [0.05, 0.1) is 10.2 Å². The molecule has 4 rings (SSSR count). The molecule has 1 aliphatic carbocycles. The second-order valence-electron chi connectivity index (χ2n) is 5.40. The Balaban J connectivity index is 1.66. The van der Waals surface area contributed by atoms with Gasteiger partial charge < -0.3 is 10.5 Å². The van der Waals surface area contributed by atoms with Crippen LogP contribution in [0, 0.1) is 0 Å². The van der Waals surface area contributed by atoms with E-state index in [0.29, 0.717) is 0 Å². The van der Waals surface area contributed by atoms with Gasteiger partial charge in [-0.15, -0.1) is 0 Å². The molecule has 1 aromatic heterocycles. The van der Waals surface area contributed by atoms with E-state index in [1.54, 1.807) is 11.3 Å². The lowest BCUT2D eigenvalue weighted by molar-refractivity contribution is 0.183. The highest BCUT2D eigenvalue weighted by Gasteiger charge is 2.22. The summed E-state index contributed by atoms with van der Waals surface area (Å²) in [5.41, 5.74) is 10.2. The molecule has 3 nitrogen and oxygen atoms in total. The predicted octanol–water partition coefficient (Wildman–Crippen LogP) is 4.33. The molecule has 0 radical (unpaired) electrons. The van der Waals surface area contributed by atoms with E-state index in [-0.39, 0.29) is 6.10 Å². The third-order valence-corrected chi connectivity index (χ3v) is 4.86. The van der Waals surface area contributed by atoms with Crippen LogP contribution in [-0.2, 0) is 6.42 Å². The van der Waals surface area contributed by atoms with Crippen molar-refractivity contribution in [3.05, 3.63) is 53.6 Å². The highest BCUT2D eigenvalue weighted by molar-refractivity contribution is 7.20. The van der Waals surface area contributed by atoms with E-state index in [0.717, 1.165) is 33.9 Å². The van der Waals surface area contributed by atoms with Crippen LogP contribution in [0.3, 0.4) is 0 Å². The molecule has 1 atom stereocenters. The number of fused-ring (bicyclic) bond motifs is 2. The molecule has 0 fully saturated rings. The fourth-order valence-electron chi connectivity index (χ4n) is 2.92. The summed E-state index contributed by atoms with van der Waals surface area (Å²) < 4.78 is 7.25. The Kier molecular flexibility index (Phi) is 3.04. The van der Waals surface area contributed by atoms with Gasteiger partial charge in [0.25, 0.3) is 5.19 Å². The number of nitrogen functional groups attached to an aromatic ring is 1. The van der Waals surface area contributed by atoms with Crippen molar-refractivity contribution in [2.24, 2.45) is 0 Å². The third-order valence-electron chi connectivity index (χ3n) is 3.95. The number of hydrogen-bond acceptors (Lipinski definition) is 4. The molecule has 106 valence electrons. The second kappa shape index (κ2) is 5.04. The van der Waals surface area contributed by atoms with Crippen molar-refractivity contribution in [3.63, 3.8) is 0 Å². The molecule has 1 unspecified atom stereocenters. The highest BCUT2D eigenvalue weighted by Crippen LogP contribution is 2.36. The number of rotatable bonds is 2. The summed E-state index contributed by atoms with van der Waals surface area (Å²) in [4.78, 5) is 4.56. The quantitative estimate of drug-likeness (QED) is 0.716. The third kappa shape index (κ3) is 2.36. The van der Waals surface area contributed by atoms with Gasteiger partial charge in [-0.25, -0.2) is 4.98 Å². The molecule has 2 aromatic carbocycles. The maximum atomic E-state index is 6.17. The number of ether oxygens (including phenoxy) is 1. The van der Waals surface area contributed by atoms with E-state index in [1.807, 2.05) is 18.2 Å². The molecule has 0 saturated carbocycles. The van der Waals surface area contributed by atoms with Gasteiger partial charge in [0.2, 0.25) is 0 Å². The number of nitrogens with zero attached hydrogens (tertiary/aromatic N) is 1. The zero-order valence-corrected chi connectivity index (χ0v) is 12.4. The number of thiazole rings is 1. The molecule has 0 spiro atoms.